The van der Waals surface area contributed by atoms with Crippen molar-refractivity contribution in [2.24, 2.45) is 0 Å². The molecule has 0 aromatic heterocycles. The summed E-state index contributed by atoms with van der Waals surface area (Å²) in [5.41, 5.74) is 0.567. The Hall–Kier alpha value is -2.58. The molecule has 1 unspecified atom stereocenters. The Kier molecular flexibility index (Phi) is 7.55. The number of hydrogen-bond donors (Lipinski definition) is 4. The Morgan fingerprint density at radius 1 is 0.788 bits per heavy atom. The van der Waals surface area contributed by atoms with Crippen molar-refractivity contribution in [2.45, 2.75) is 55.8 Å². The van der Waals surface area contributed by atoms with Gasteiger partial charge in [0.15, 0.2) is 6.29 Å². The average Bonchev–Trinajstić information content (AvgIpc) is 2.84. The largest absolute Gasteiger partial charge is 0.390 e. The molecule has 3 aromatic carbocycles. The van der Waals surface area contributed by atoms with E-state index in [-0.39, 0.29) is 19.4 Å². The third-order valence-corrected chi connectivity index (χ3v) is 6.10. The van der Waals surface area contributed by atoms with Gasteiger partial charge in [-0.25, -0.2) is 0 Å². The van der Waals surface area contributed by atoms with Crippen LogP contribution in [-0.4, -0.2) is 56.7 Å². The van der Waals surface area contributed by atoms with Crippen LogP contribution in [0.1, 0.15) is 16.7 Å². The van der Waals surface area contributed by atoms with Crippen LogP contribution in [0.4, 0.5) is 0 Å². The second-order valence-electron chi connectivity index (χ2n) is 8.58. The van der Waals surface area contributed by atoms with Gasteiger partial charge in [0, 0.05) is 12.8 Å². The Morgan fingerprint density at radius 2 is 1.30 bits per heavy atom. The van der Waals surface area contributed by atoms with Crippen LogP contribution in [0.25, 0.3) is 0 Å². The topological polar surface area (TPSA) is 99.4 Å². The minimum atomic E-state index is -1.92. The smallest absolute Gasteiger partial charge is 0.190 e. The normalized spacial score (nSPS) is 28.4. The van der Waals surface area contributed by atoms with Crippen molar-refractivity contribution in [3.8, 4) is 0 Å². The molecule has 0 spiro atoms. The Morgan fingerprint density at radius 3 is 1.88 bits per heavy atom. The highest BCUT2D eigenvalue weighted by atomic mass is 16.7. The molecule has 1 saturated heterocycles. The molecule has 1 heterocycles. The summed E-state index contributed by atoms with van der Waals surface area (Å²) < 4.78 is 11.9. The van der Waals surface area contributed by atoms with Gasteiger partial charge in [-0.3, -0.25) is 0 Å². The van der Waals surface area contributed by atoms with Gasteiger partial charge in [-0.1, -0.05) is 91.0 Å². The predicted molar refractivity (Wildman–Crippen MR) is 123 cm³/mol. The maximum atomic E-state index is 11.5. The average molecular weight is 451 g/mol. The van der Waals surface area contributed by atoms with Crippen LogP contribution in [0.2, 0.25) is 0 Å². The van der Waals surface area contributed by atoms with Crippen LogP contribution in [0.15, 0.2) is 91.0 Å². The quantitative estimate of drug-likeness (QED) is 0.420. The standard InChI is InChI=1S/C27H30O6/c28-22(16-19-10-4-1-5-11-19)24-23(29)25(30)27(31,17-20-12-6-2-7-13-20)26(33-24)32-18-21-14-8-3-9-15-21/h1-15,22-26,28-31H,16-18H2/t22?,23-,24+,25-,26-,27+/m0/s1. The van der Waals surface area contributed by atoms with Crippen molar-refractivity contribution in [3.63, 3.8) is 0 Å². The lowest BCUT2D eigenvalue weighted by Gasteiger charge is -2.49. The van der Waals surface area contributed by atoms with E-state index in [1.807, 2.05) is 91.0 Å². The Labute approximate surface area is 193 Å². The zero-order chi connectivity index (χ0) is 23.3. The van der Waals surface area contributed by atoms with E-state index in [4.69, 9.17) is 9.47 Å². The lowest BCUT2D eigenvalue weighted by atomic mass is 9.80. The fourth-order valence-electron chi connectivity index (χ4n) is 4.29. The lowest BCUT2D eigenvalue weighted by molar-refractivity contribution is -0.350. The van der Waals surface area contributed by atoms with Crippen LogP contribution in [0.3, 0.4) is 0 Å². The molecule has 4 rings (SSSR count). The van der Waals surface area contributed by atoms with Crippen molar-refractivity contribution in [3.05, 3.63) is 108 Å². The number of rotatable bonds is 8. The third-order valence-electron chi connectivity index (χ3n) is 6.10. The minimum Gasteiger partial charge on any atom is -0.390 e. The van der Waals surface area contributed by atoms with Crippen LogP contribution in [-0.2, 0) is 28.9 Å². The molecule has 174 valence electrons. The van der Waals surface area contributed by atoms with Gasteiger partial charge in [0.25, 0.3) is 0 Å². The Bertz CT molecular complexity index is 981. The summed E-state index contributed by atoms with van der Waals surface area (Å²) in [7, 11) is 0. The monoisotopic (exact) mass is 450 g/mol. The van der Waals surface area contributed by atoms with E-state index in [9.17, 15) is 20.4 Å². The molecule has 6 heteroatoms. The van der Waals surface area contributed by atoms with Gasteiger partial charge in [0.1, 0.15) is 23.9 Å². The van der Waals surface area contributed by atoms with Gasteiger partial charge in [0.05, 0.1) is 12.7 Å². The highest BCUT2D eigenvalue weighted by molar-refractivity contribution is 5.21. The molecule has 0 radical (unpaired) electrons. The molecule has 1 aliphatic rings. The molecule has 33 heavy (non-hydrogen) atoms. The molecule has 1 fully saturated rings. The number of benzene rings is 3. The first-order valence-corrected chi connectivity index (χ1v) is 11.1. The van der Waals surface area contributed by atoms with Crippen molar-refractivity contribution in [1.29, 1.82) is 0 Å². The van der Waals surface area contributed by atoms with Gasteiger partial charge in [-0.05, 0) is 16.7 Å². The van der Waals surface area contributed by atoms with Crippen LogP contribution in [0.5, 0.6) is 0 Å². The molecular weight excluding hydrogens is 420 g/mol. The van der Waals surface area contributed by atoms with Crippen molar-refractivity contribution < 1.29 is 29.9 Å². The maximum Gasteiger partial charge on any atom is 0.190 e. The van der Waals surface area contributed by atoms with Gasteiger partial charge < -0.3 is 29.9 Å². The minimum absolute atomic E-state index is 0.00697. The van der Waals surface area contributed by atoms with Gasteiger partial charge in [-0.2, -0.15) is 0 Å². The molecule has 0 amide bonds. The van der Waals surface area contributed by atoms with E-state index >= 15 is 0 Å². The molecule has 1 aliphatic heterocycles. The van der Waals surface area contributed by atoms with Crippen LogP contribution in [0, 0.1) is 0 Å². The SMILES string of the molecule is OC(Cc1ccccc1)[C@H]1O[C@H](OCc2ccccc2)[C@@](O)(Cc2ccccc2)[C@@H](O)[C@H]1O. The summed E-state index contributed by atoms with van der Waals surface area (Å²) in [4.78, 5) is 0. The van der Waals surface area contributed by atoms with Crippen LogP contribution >= 0.6 is 0 Å². The summed E-state index contributed by atoms with van der Waals surface area (Å²) in [6, 6.07) is 27.9. The first-order chi connectivity index (χ1) is 16.0. The summed E-state index contributed by atoms with van der Waals surface area (Å²) in [5.74, 6) is 0. The highest BCUT2D eigenvalue weighted by Crippen LogP contribution is 2.36. The van der Waals surface area contributed by atoms with Gasteiger partial charge in [-0.15, -0.1) is 0 Å². The second kappa shape index (κ2) is 10.6. The highest BCUT2D eigenvalue weighted by Gasteiger charge is 2.56. The first kappa shape index (κ1) is 23.6. The fourth-order valence-corrected chi connectivity index (χ4v) is 4.29. The lowest BCUT2D eigenvalue weighted by Crippen LogP contribution is -2.69. The van der Waals surface area contributed by atoms with E-state index in [2.05, 4.69) is 0 Å². The van der Waals surface area contributed by atoms with E-state index < -0.39 is 36.3 Å². The summed E-state index contributed by atoms with van der Waals surface area (Å²) in [5, 5.41) is 44.3. The second-order valence-corrected chi connectivity index (χ2v) is 8.58. The molecule has 6 nitrogen and oxygen atoms in total. The van der Waals surface area contributed by atoms with Crippen molar-refractivity contribution in [2.75, 3.05) is 0 Å². The number of aliphatic hydroxyl groups is 4. The zero-order valence-corrected chi connectivity index (χ0v) is 18.3. The van der Waals surface area contributed by atoms with Gasteiger partial charge in [0.2, 0.25) is 0 Å². The predicted octanol–water partition coefficient (Wildman–Crippen LogP) is 2.23. The summed E-state index contributed by atoms with van der Waals surface area (Å²) in [6.07, 6.45) is -6.40. The Balaban J connectivity index is 1.57. The molecule has 0 bridgehead atoms. The van der Waals surface area contributed by atoms with Crippen LogP contribution < -0.4 is 0 Å². The van der Waals surface area contributed by atoms with E-state index in [1.54, 1.807) is 0 Å². The maximum absolute atomic E-state index is 11.5. The zero-order valence-electron chi connectivity index (χ0n) is 18.3. The molecular formula is C27H30O6. The van der Waals surface area contributed by atoms with Crippen molar-refractivity contribution in [1.82, 2.24) is 0 Å². The third kappa shape index (κ3) is 5.50. The van der Waals surface area contributed by atoms with E-state index in [0.29, 0.717) is 0 Å². The fraction of sp³-hybridized carbons (Fsp3) is 0.333. The van der Waals surface area contributed by atoms with Crippen molar-refractivity contribution >= 4 is 0 Å². The molecule has 3 aromatic rings. The molecule has 4 N–H and O–H groups in total. The first-order valence-electron chi connectivity index (χ1n) is 11.1. The van der Waals surface area contributed by atoms with Gasteiger partial charge >= 0.3 is 0 Å². The molecule has 6 atom stereocenters. The molecule has 0 aliphatic carbocycles. The molecule has 0 saturated carbocycles. The van der Waals surface area contributed by atoms with E-state index in [1.165, 1.54) is 0 Å². The number of ether oxygens (including phenoxy) is 2. The number of aliphatic hydroxyl groups excluding tert-OH is 3. The summed E-state index contributed by atoms with van der Waals surface area (Å²) >= 11 is 0. The number of hydrogen-bond acceptors (Lipinski definition) is 6. The van der Waals surface area contributed by atoms with E-state index in [0.717, 1.165) is 16.7 Å². The summed E-state index contributed by atoms with van der Waals surface area (Å²) in [6.45, 7) is 0.132.